The van der Waals surface area contributed by atoms with Crippen LogP contribution in [-0.4, -0.2) is 12.5 Å². The largest absolute Gasteiger partial charge is 0.352 e. The van der Waals surface area contributed by atoms with E-state index >= 15 is 0 Å². The van der Waals surface area contributed by atoms with Crippen molar-refractivity contribution in [1.82, 2.24) is 5.32 Å². The van der Waals surface area contributed by atoms with Gasteiger partial charge < -0.3 is 11.1 Å². The fourth-order valence-corrected chi connectivity index (χ4v) is 1.77. The molecule has 0 fully saturated rings. The number of nitrogens with two attached hydrogens (primary N) is 1. The molecule has 0 aromatic heterocycles. The molecule has 1 amide bonds. The third kappa shape index (κ3) is 4.15. The van der Waals surface area contributed by atoms with Crippen molar-refractivity contribution in [3.63, 3.8) is 0 Å². The van der Waals surface area contributed by atoms with E-state index in [9.17, 15) is 4.79 Å². The van der Waals surface area contributed by atoms with E-state index in [1.807, 2.05) is 0 Å². The van der Waals surface area contributed by atoms with E-state index in [4.69, 9.17) is 5.73 Å². The third-order valence-electron chi connectivity index (χ3n) is 3.06. The molecule has 0 aliphatic rings. The minimum Gasteiger partial charge on any atom is -0.352 e. The van der Waals surface area contributed by atoms with Crippen LogP contribution < -0.4 is 11.1 Å². The molecule has 0 unspecified atom stereocenters. The molecule has 0 radical (unpaired) electrons. The Morgan fingerprint density at radius 1 is 1.33 bits per heavy atom. The molecule has 0 saturated heterocycles. The van der Waals surface area contributed by atoms with Gasteiger partial charge in [-0.1, -0.05) is 39.0 Å². The van der Waals surface area contributed by atoms with Gasteiger partial charge in [0.05, 0.1) is 0 Å². The molecule has 0 atom stereocenters. The van der Waals surface area contributed by atoms with Gasteiger partial charge in [0.25, 0.3) is 0 Å². The molecule has 0 bridgehead atoms. The Bertz CT molecular complexity index is 419. The number of rotatable bonds is 4. The zero-order valence-corrected chi connectivity index (χ0v) is 11.8. The lowest BCUT2D eigenvalue weighted by molar-refractivity contribution is -0.121. The highest BCUT2D eigenvalue weighted by atomic mass is 16.1. The SMILES string of the molecule is Cc1cc(C(C)(C)C)ccc1CNC(=O)CCN. The summed E-state index contributed by atoms with van der Waals surface area (Å²) in [6.07, 6.45) is 0.388. The first kappa shape index (κ1) is 14.7. The highest BCUT2D eigenvalue weighted by molar-refractivity contribution is 5.76. The minimum atomic E-state index is 0.0109. The lowest BCUT2D eigenvalue weighted by Gasteiger charge is -2.20. The topological polar surface area (TPSA) is 55.1 Å². The van der Waals surface area contributed by atoms with Crippen LogP contribution in [0.15, 0.2) is 18.2 Å². The lowest BCUT2D eigenvalue weighted by Crippen LogP contribution is -2.25. The Morgan fingerprint density at radius 3 is 2.50 bits per heavy atom. The van der Waals surface area contributed by atoms with Crippen molar-refractivity contribution in [2.24, 2.45) is 5.73 Å². The van der Waals surface area contributed by atoms with Crippen LogP contribution in [0.3, 0.4) is 0 Å². The van der Waals surface area contributed by atoms with Gasteiger partial charge >= 0.3 is 0 Å². The van der Waals surface area contributed by atoms with Crippen LogP contribution in [0.1, 0.15) is 43.9 Å². The van der Waals surface area contributed by atoms with Crippen LogP contribution in [-0.2, 0) is 16.8 Å². The van der Waals surface area contributed by atoms with Crippen LogP contribution in [0, 0.1) is 6.92 Å². The maximum absolute atomic E-state index is 11.4. The number of aryl methyl sites for hydroxylation is 1. The van der Waals surface area contributed by atoms with Gasteiger partial charge in [-0.2, -0.15) is 0 Å². The van der Waals surface area contributed by atoms with Gasteiger partial charge in [0.15, 0.2) is 0 Å². The van der Waals surface area contributed by atoms with E-state index in [0.717, 1.165) is 5.56 Å². The monoisotopic (exact) mass is 248 g/mol. The number of benzene rings is 1. The van der Waals surface area contributed by atoms with Crippen molar-refractivity contribution in [3.05, 3.63) is 34.9 Å². The summed E-state index contributed by atoms with van der Waals surface area (Å²) >= 11 is 0. The second kappa shape index (κ2) is 6.01. The summed E-state index contributed by atoms with van der Waals surface area (Å²) in [7, 11) is 0. The van der Waals surface area contributed by atoms with E-state index in [2.05, 4.69) is 51.2 Å². The molecule has 100 valence electrons. The van der Waals surface area contributed by atoms with Crippen molar-refractivity contribution in [1.29, 1.82) is 0 Å². The van der Waals surface area contributed by atoms with Gasteiger partial charge in [0.2, 0.25) is 5.91 Å². The van der Waals surface area contributed by atoms with Gasteiger partial charge in [0, 0.05) is 19.5 Å². The van der Waals surface area contributed by atoms with Crippen molar-refractivity contribution in [2.45, 2.75) is 46.1 Å². The van der Waals surface area contributed by atoms with Crippen LogP contribution in [0.5, 0.6) is 0 Å². The van der Waals surface area contributed by atoms with E-state index in [1.54, 1.807) is 0 Å². The Morgan fingerprint density at radius 2 is 2.00 bits per heavy atom. The smallest absolute Gasteiger partial charge is 0.221 e. The highest BCUT2D eigenvalue weighted by Gasteiger charge is 2.14. The van der Waals surface area contributed by atoms with E-state index in [0.29, 0.717) is 19.5 Å². The van der Waals surface area contributed by atoms with Crippen molar-refractivity contribution >= 4 is 5.91 Å². The summed E-state index contributed by atoms with van der Waals surface area (Å²) < 4.78 is 0. The summed E-state index contributed by atoms with van der Waals surface area (Å²) in [5, 5.41) is 2.88. The van der Waals surface area contributed by atoms with Gasteiger partial charge in [-0.15, -0.1) is 0 Å². The van der Waals surface area contributed by atoms with Crippen LogP contribution >= 0.6 is 0 Å². The molecule has 0 spiro atoms. The zero-order chi connectivity index (χ0) is 13.8. The molecular weight excluding hydrogens is 224 g/mol. The molecule has 1 rings (SSSR count). The number of hydrogen-bond acceptors (Lipinski definition) is 2. The van der Waals surface area contributed by atoms with Gasteiger partial charge in [-0.05, 0) is 29.0 Å². The summed E-state index contributed by atoms with van der Waals surface area (Å²) in [5.74, 6) is 0.0109. The summed E-state index contributed by atoms with van der Waals surface area (Å²) in [6.45, 7) is 9.65. The predicted octanol–water partition coefficient (Wildman–Crippen LogP) is 2.26. The number of hydrogen-bond donors (Lipinski definition) is 2. The number of nitrogens with one attached hydrogen (secondary N) is 1. The first-order chi connectivity index (χ1) is 8.34. The lowest BCUT2D eigenvalue weighted by atomic mass is 9.85. The molecule has 0 aliphatic carbocycles. The molecule has 3 nitrogen and oxygen atoms in total. The average Bonchev–Trinajstić information content (AvgIpc) is 2.26. The maximum Gasteiger partial charge on any atom is 0.221 e. The van der Waals surface area contributed by atoms with E-state index < -0.39 is 0 Å². The van der Waals surface area contributed by atoms with Gasteiger partial charge in [-0.25, -0.2) is 0 Å². The standard InChI is InChI=1S/C15H24N2O/c1-11-9-13(15(2,3)4)6-5-12(11)10-17-14(18)7-8-16/h5-6,9H,7-8,10,16H2,1-4H3,(H,17,18). The highest BCUT2D eigenvalue weighted by Crippen LogP contribution is 2.24. The Hall–Kier alpha value is -1.35. The van der Waals surface area contributed by atoms with Crippen molar-refractivity contribution in [2.75, 3.05) is 6.54 Å². The van der Waals surface area contributed by atoms with E-state index in [1.165, 1.54) is 11.1 Å². The summed E-state index contributed by atoms with van der Waals surface area (Å²) in [4.78, 5) is 11.4. The molecule has 1 aromatic rings. The Kier molecular flexibility index (Phi) is 4.91. The fourth-order valence-electron chi connectivity index (χ4n) is 1.77. The second-order valence-electron chi connectivity index (χ2n) is 5.71. The molecule has 3 N–H and O–H groups in total. The number of amides is 1. The molecular formula is C15H24N2O. The Labute approximate surface area is 110 Å². The van der Waals surface area contributed by atoms with Crippen molar-refractivity contribution in [3.8, 4) is 0 Å². The minimum absolute atomic E-state index is 0.0109. The zero-order valence-electron chi connectivity index (χ0n) is 11.8. The predicted molar refractivity (Wildman–Crippen MR) is 75.4 cm³/mol. The molecule has 0 saturated carbocycles. The van der Waals surface area contributed by atoms with Crippen LogP contribution in [0.25, 0.3) is 0 Å². The maximum atomic E-state index is 11.4. The molecule has 0 aliphatic heterocycles. The number of carbonyl (C=O) groups excluding carboxylic acids is 1. The summed E-state index contributed by atoms with van der Waals surface area (Å²) in [6, 6.07) is 6.43. The van der Waals surface area contributed by atoms with E-state index in [-0.39, 0.29) is 11.3 Å². The second-order valence-corrected chi connectivity index (χ2v) is 5.71. The Balaban J connectivity index is 2.72. The first-order valence-corrected chi connectivity index (χ1v) is 6.41. The molecule has 18 heavy (non-hydrogen) atoms. The van der Waals surface area contributed by atoms with Gasteiger partial charge in [0.1, 0.15) is 0 Å². The molecule has 1 aromatic carbocycles. The van der Waals surface area contributed by atoms with Crippen molar-refractivity contribution < 1.29 is 4.79 Å². The normalized spacial score (nSPS) is 11.4. The van der Waals surface area contributed by atoms with Crippen LogP contribution in [0.4, 0.5) is 0 Å². The van der Waals surface area contributed by atoms with Crippen LogP contribution in [0.2, 0.25) is 0 Å². The first-order valence-electron chi connectivity index (χ1n) is 6.41. The summed E-state index contributed by atoms with van der Waals surface area (Å²) in [5.41, 5.74) is 9.19. The molecule has 0 heterocycles. The molecule has 3 heteroatoms. The average molecular weight is 248 g/mol. The van der Waals surface area contributed by atoms with Gasteiger partial charge in [-0.3, -0.25) is 4.79 Å². The quantitative estimate of drug-likeness (QED) is 0.858. The fraction of sp³-hybridized carbons (Fsp3) is 0.533. The third-order valence-corrected chi connectivity index (χ3v) is 3.06. The number of carbonyl (C=O) groups is 1.